The van der Waals surface area contributed by atoms with Crippen LogP contribution in [0.5, 0.6) is 17.2 Å². The molecule has 0 unspecified atom stereocenters. The zero-order chi connectivity index (χ0) is 30.7. The van der Waals surface area contributed by atoms with Crippen molar-refractivity contribution >= 4 is 12.1 Å². The van der Waals surface area contributed by atoms with Crippen LogP contribution in [0, 0.1) is 0 Å². The molecule has 8 heteroatoms. The number of hydrogen-bond donors (Lipinski definition) is 1. The van der Waals surface area contributed by atoms with E-state index in [1.54, 1.807) is 32.9 Å². The second-order valence-corrected chi connectivity index (χ2v) is 10.8. The third-order valence-corrected chi connectivity index (χ3v) is 6.17. The van der Waals surface area contributed by atoms with E-state index in [9.17, 15) is 9.59 Å². The second kappa shape index (κ2) is 14.8. The number of ether oxygens (including phenoxy) is 5. The van der Waals surface area contributed by atoms with Crippen LogP contribution in [-0.4, -0.2) is 24.8 Å². The average molecular weight is 584 g/mol. The summed E-state index contributed by atoms with van der Waals surface area (Å²) in [4.78, 5) is 26.5. The highest BCUT2D eigenvalue weighted by atomic mass is 16.6. The van der Waals surface area contributed by atoms with Crippen LogP contribution < -0.4 is 19.5 Å². The molecule has 0 spiro atoms. The Morgan fingerprint density at radius 3 is 1.56 bits per heavy atom. The Bertz CT molecular complexity index is 1400. The van der Waals surface area contributed by atoms with E-state index in [2.05, 4.69) is 5.32 Å². The van der Waals surface area contributed by atoms with E-state index in [1.165, 1.54) is 7.11 Å². The van der Waals surface area contributed by atoms with Gasteiger partial charge in [0.2, 0.25) is 5.75 Å². The molecule has 0 bridgehead atoms. The number of alkyl carbamates (subject to hydrolysis) is 1. The minimum absolute atomic E-state index is 0.0349. The number of carbonyl (C=O) groups excluding carboxylic acids is 2. The molecule has 43 heavy (non-hydrogen) atoms. The van der Waals surface area contributed by atoms with Crippen LogP contribution in [0.25, 0.3) is 0 Å². The fourth-order valence-electron chi connectivity index (χ4n) is 4.17. The molecule has 224 valence electrons. The minimum Gasteiger partial charge on any atom is -0.490 e. The zero-order valence-corrected chi connectivity index (χ0v) is 24.9. The van der Waals surface area contributed by atoms with E-state index in [4.69, 9.17) is 23.7 Å². The Morgan fingerprint density at radius 1 is 0.698 bits per heavy atom. The van der Waals surface area contributed by atoms with Gasteiger partial charge in [-0.2, -0.15) is 0 Å². The molecule has 1 atom stereocenters. The van der Waals surface area contributed by atoms with E-state index < -0.39 is 23.7 Å². The molecule has 1 N–H and O–H groups in total. The highest BCUT2D eigenvalue weighted by Gasteiger charge is 2.31. The van der Waals surface area contributed by atoms with Crippen molar-refractivity contribution in [3.8, 4) is 17.2 Å². The first kappa shape index (κ1) is 31.0. The van der Waals surface area contributed by atoms with Crippen LogP contribution in [0.3, 0.4) is 0 Å². The standard InChI is InChI=1S/C35H37NO7/c1-35(2,3)43-33(37)31(36-34(38)42-24-27-18-12-7-13-19-27)28-20-29(40-22-25-14-8-5-9-15-25)32(39-4)30(21-28)41-23-26-16-10-6-11-17-26/h5-21,31H,22-24H2,1-4H3,(H,36,38)/t31-/m1/s1. The molecular formula is C35H37NO7. The van der Waals surface area contributed by atoms with E-state index in [0.717, 1.165) is 16.7 Å². The Morgan fingerprint density at radius 2 is 1.14 bits per heavy atom. The van der Waals surface area contributed by atoms with Crippen molar-refractivity contribution in [2.24, 2.45) is 0 Å². The maximum atomic E-state index is 13.5. The van der Waals surface area contributed by atoms with Crippen molar-refractivity contribution in [3.05, 3.63) is 125 Å². The largest absolute Gasteiger partial charge is 0.490 e. The van der Waals surface area contributed by atoms with Gasteiger partial charge in [-0.3, -0.25) is 0 Å². The number of methoxy groups -OCH3 is 1. The summed E-state index contributed by atoms with van der Waals surface area (Å²) in [6, 6.07) is 30.6. The first-order valence-electron chi connectivity index (χ1n) is 14.0. The molecule has 0 radical (unpaired) electrons. The fraction of sp³-hybridized carbons (Fsp3) is 0.257. The van der Waals surface area contributed by atoms with E-state index >= 15 is 0 Å². The van der Waals surface area contributed by atoms with Gasteiger partial charge in [-0.25, -0.2) is 9.59 Å². The van der Waals surface area contributed by atoms with Crippen LogP contribution in [-0.2, 0) is 34.1 Å². The second-order valence-electron chi connectivity index (χ2n) is 10.8. The summed E-state index contributed by atoms with van der Waals surface area (Å²) >= 11 is 0. The summed E-state index contributed by atoms with van der Waals surface area (Å²) in [6.07, 6.45) is -0.783. The van der Waals surface area contributed by atoms with Gasteiger partial charge in [0.25, 0.3) is 0 Å². The molecule has 0 aliphatic rings. The highest BCUT2D eigenvalue weighted by molar-refractivity contribution is 5.83. The lowest BCUT2D eigenvalue weighted by Gasteiger charge is -2.26. The Kier molecular flexibility index (Phi) is 10.6. The zero-order valence-electron chi connectivity index (χ0n) is 24.9. The molecule has 4 aromatic carbocycles. The summed E-state index contributed by atoms with van der Waals surface area (Å²) in [5, 5.41) is 2.68. The number of rotatable bonds is 12. The van der Waals surface area contributed by atoms with E-state index in [1.807, 2.05) is 91.0 Å². The molecule has 0 aliphatic heterocycles. The van der Waals surface area contributed by atoms with Crippen molar-refractivity contribution < 1.29 is 33.3 Å². The van der Waals surface area contributed by atoms with E-state index in [0.29, 0.717) is 22.8 Å². The van der Waals surface area contributed by atoms with Crippen molar-refractivity contribution in [1.29, 1.82) is 0 Å². The minimum atomic E-state index is -1.23. The summed E-state index contributed by atoms with van der Waals surface area (Å²) < 4.78 is 29.2. The summed E-state index contributed by atoms with van der Waals surface area (Å²) in [7, 11) is 1.52. The van der Waals surface area contributed by atoms with Gasteiger partial charge in [-0.15, -0.1) is 0 Å². The fourth-order valence-corrected chi connectivity index (χ4v) is 4.17. The van der Waals surface area contributed by atoms with Gasteiger partial charge >= 0.3 is 12.1 Å². The number of benzene rings is 4. The molecule has 4 rings (SSSR count). The monoisotopic (exact) mass is 583 g/mol. The number of hydrogen-bond acceptors (Lipinski definition) is 7. The van der Waals surface area contributed by atoms with Crippen LogP contribution in [0.2, 0.25) is 0 Å². The molecule has 0 aromatic heterocycles. The Hall–Kier alpha value is -4.98. The molecule has 0 saturated heterocycles. The normalized spacial score (nSPS) is 11.6. The third kappa shape index (κ3) is 9.53. The number of carbonyl (C=O) groups is 2. The summed E-state index contributed by atoms with van der Waals surface area (Å²) in [5.74, 6) is 0.349. The first-order valence-corrected chi connectivity index (χ1v) is 14.0. The van der Waals surface area contributed by atoms with E-state index in [-0.39, 0.29) is 19.8 Å². The van der Waals surface area contributed by atoms with Gasteiger partial charge in [-0.1, -0.05) is 91.0 Å². The average Bonchev–Trinajstić information content (AvgIpc) is 3.01. The smallest absolute Gasteiger partial charge is 0.408 e. The lowest BCUT2D eigenvalue weighted by atomic mass is 10.0. The van der Waals surface area contributed by atoms with Gasteiger partial charge in [0, 0.05) is 0 Å². The Balaban J connectivity index is 1.68. The maximum absolute atomic E-state index is 13.5. The summed E-state index contributed by atoms with van der Waals surface area (Å²) in [6.45, 7) is 5.78. The molecule has 0 heterocycles. The van der Waals surface area contributed by atoms with Gasteiger partial charge in [-0.05, 0) is 55.2 Å². The number of amides is 1. The van der Waals surface area contributed by atoms with Crippen molar-refractivity contribution in [2.45, 2.75) is 52.2 Å². The first-order chi connectivity index (χ1) is 20.7. The van der Waals surface area contributed by atoms with Crippen LogP contribution in [0.4, 0.5) is 4.79 Å². The summed E-state index contributed by atoms with van der Waals surface area (Å²) in [5.41, 5.74) is 2.25. The van der Waals surface area contributed by atoms with Crippen LogP contribution in [0.15, 0.2) is 103 Å². The number of esters is 1. The topological polar surface area (TPSA) is 92.3 Å². The molecule has 0 saturated carbocycles. The lowest BCUT2D eigenvalue weighted by Crippen LogP contribution is -2.38. The van der Waals surface area contributed by atoms with Gasteiger partial charge in [0.15, 0.2) is 17.5 Å². The van der Waals surface area contributed by atoms with Crippen LogP contribution >= 0.6 is 0 Å². The molecule has 4 aromatic rings. The molecule has 0 fully saturated rings. The van der Waals surface area contributed by atoms with Crippen molar-refractivity contribution in [2.75, 3.05) is 7.11 Å². The SMILES string of the molecule is COc1c(OCc2ccccc2)cc([C@@H](NC(=O)OCc2ccccc2)C(=O)OC(C)(C)C)cc1OCc1ccccc1. The molecular weight excluding hydrogens is 546 g/mol. The maximum Gasteiger partial charge on any atom is 0.408 e. The van der Waals surface area contributed by atoms with Gasteiger partial charge in [0.1, 0.15) is 25.4 Å². The van der Waals surface area contributed by atoms with Gasteiger partial charge < -0.3 is 29.0 Å². The molecule has 0 aliphatic carbocycles. The third-order valence-electron chi connectivity index (χ3n) is 6.17. The highest BCUT2D eigenvalue weighted by Crippen LogP contribution is 2.41. The predicted octanol–water partition coefficient (Wildman–Crippen LogP) is 7.16. The molecule has 8 nitrogen and oxygen atoms in total. The quantitative estimate of drug-likeness (QED) is 0.177. The molecule has 1 amide bonds. The van der Waals surface area contributed by atoms with Gasteiger partial charge in [0.05, 0.1) is 7.11 Å². The number of nitrogens with one attached hydrogen (secondary N) is 1. The Labute approximate surface area is 252 Å². The van der Waals surface area contributed by atoms with Crippen LogP contribution in [0.1, 0.15) is 49.1 Å². The lowest BCUT2D eigenvalue weighted by molar-refractivity contribution is -0.157. The predicted molar refractivity (Wildman–Crippen MR) is 163 cm³/mol. The van der Waals surface area contributed by atoms with Crippen molar-refractivity contribution in [1.82, 2.24) is 5.32 Å². The van der Waals surface area contributed by atoms with Crippen molar-refractivity contribution in [3.63, 3.8) is 0 Å².